The maximum Gasteiger partial charge on any atom is 0.233 e. The van der Waals surface area contributed by atoms with Crippen molar-refractivity contribution in [1.29, 1.82) is 0 Å². The lowest BCUT2D eigenvalue weighted by Crippen LogP contribution is -2.31. The minimum absolute atomic E-state index is 0.00935. The predicted molar refractivity (Wildman–Crippen MR) is 105 cm³/mol. The van der Waals surface area contributed by atoms with Crippen LogP contribution in [0.5, 0.6) is 0 Å². The van der Waals surface area contributed by atoms with E-state index in [1.807, 2.05) is 73.1 Å². The Morgan fingerprint density at radius 2 is 2.00 bits per heavy atom. The molecule has 1 amide bonds. The van der Waals surface area contributed by atoms with Crippen LogP contribution >= 0.6 is 23.4 Å². The third-order valence-electron chi connectivity index (χ3n) is 4.18. The number of nitrogens with zero attached hydrogens (tertiary/aromatic N) is 4. The molecule has 7 heteroatoms. The van der Waals surface area contributed by atoms with E-state index in [9.17, 15) is 4.79 Å². The molecule has 2 aromatic carbocycles. The molecule has 0 spiro atoms. The molecule has 0 fully saturated rings. The highest BCUT2D eigenvalue weighted by atomic mass is 35.5. The third-order valence-corrected chi connectivity index (χ3v) is 5.35. The molecule has 0 bridgehead atoms. The summed E-state index contributed by atoms with van der Waals surface area (Å²) in [6, 6.07) is 17.4. The second-order valence-electron chi connectivity index (χ2n) is 5.84. The number of thioether (sulfide) groups is 1. The number of carbonyl (C=O) groups is 1. The molecule has 1 heterocycles. The molecule has 0 aliphatic rings. The van der Waals surface area contributed by atoms with E-state index in [0.717, 1.165) is 11.3 Å². The fourth-order valence-electron chi connectivity index (χ4n) is 2.53. The van der Waals surface area contributed by atoms with Crippen LogP contribution in [-0.2, 0) is 4.79 Å². The van der Waals surface area contributed by atoms with Crippen LogP contribution < -0.4 is 0 Å². The van der Waals surface area contributed by atoms with E-state index in [4.69, 9.17) is 11.6 Å². The Labute approximate surface area is 162 Å². The van der Waals surface area contributed by atoms with E-state index in [2.05, 4.69) is 10.2 Å². The highest BCUT2D eigenvalue weighted by Gasteiger charge is 2.18. The highest BCUT2D eigenvalue weighted by Crippen LogP contribution is 2.24. The maximum atomic E-state index is 12.6. The second kappa shape index (κ2) is 8.38. The summed E-state index contributed by atoms with van der Waals surface area (Å²) in [5.74, 6) is 0.319. The Kier molecular flexibility index (Phi) is 5.96. The first-order valence-corrected chi connectivity index (χ1v) is 9.52. The summed E-state index contributed by atoms with van der Waals surface area (Å²) >= 11 is 7.41. The van der Waals surface area contributed by atoms with E-state index in [0.29, 0.717) is 10.2 Å². The van der Waals surface area contributed by atoms with Crippen molar-refractivity contribution in [2.75, 3.05) is 12.8 Å². The quantitative estimate of drug-likeness (QED) is 0.595. The lowest BCUT2D eigenvalue weighted by Gasteiger charge is -2.25. The van der Waals surface area contributed by atoms with Crippen molar-refractivity contribution in [3.8, 4) is 5.69 Å². The van der Waals surface area contributed by atoms with Gasteiger partial charge in [-0.2, -0.15) is 0 Å². The summed E-state index contributed by atoms with van der Waals surface area (Å²) in [7, 11) is 1.82. The van der Waals surface area contributed by atoms with Crippen molar-refractivity contribution >= 4 is 29.3 Å². The van der Waals surface area contributed by atoms with Gasteiger partial charge < -0.3 is 4.90 Å². The minimum Gasteiger partial charge on any atom is -0.338 e. The molecule has 0 saturated carbocycles. The zero-order valence-electron chi connectivity index (χ0n) is 14.5. The van der Waals surface area contributed by atoms with Crippen LogP contribution in [0.3, 0.4) is 0 Å². The Morgan fingerprint density at radius 3 is 2.73 bits per heavy atom. The Hall–Kier alpha value is -2.31. The van der Waals surface area contributed by atoms with Gasteiger partial charge in [-0.05, 0) is 30.7 Å². The first-order valence-electron chi connectivity index (χ1n) is 8.15. The fourth-order valence-corrected chi connectivity index (χ4v) is 3.56. The lowest BCUT2D eigenvalue weighted by molar-refractivity contribution is -0.128. The van der Waals surface area contributed by atoms with Gasteiger partial charge in [-0.15, -0.1) is 10.2 Å². The van der Waals surface area contributed by atoms with Crippen molar-refractivity contribution in [3.05, 3.63) is 71.5 Å². The zero-order valence-corrected chi connectivity index (χ0v) is 16.1. The third kappa shape index (κ3) is 4.26. The SMILES string of the molecule is C[C@H](c1ccccc1)N(C)C(=O)CSc1nncn1-c1cccc(Cl)c1. The Bertz CT molecular complexity index is 884. The highest BCUT2D eigenvalue weighted by molar-refractivity contribution is 7.99. The van der Waals surface area contributed by atoms with Crippen molar-refractivity contribution in [3.63, 3.8) is 0 Å². The van der Waals surface area contributed by atoms with Gasteiger partial charge in [0.1, 0.15) is 6.33 Å². The van der Waals surface area contributed by atoms with Crippen LogP contribution in [0.25, 0.3) is 5.69 Å². The number of hydrogen-bond acceptors (Lipinski definition) is 4. The van der Waals surface area contributed by atoms with Crippen molar-refractivity contribution in [1.82, 2.24) is 19.7 Å². The van der Waals surface area contributed by atoms with Gasteiger partial charge in [-0.1, -0.05) is 59.8 Å². The summed E-state index contributed by atoms with van der Waals surface area (Å²) in [6.07, 6.45) is 1.62. The largest absolute Gasteiger partial charge is 0.338 e. The normalized spacial score (nSPS) is 12.0. The molecule has 1 atom stereocenters. The van der Waals surface area contributed by atoms with Gasteiger partial charge in [0, 0.05) is 12.1 Å². The number of halogens is 1. The summed E-state index contributed by atoms with van der Waals surface area (Å²) < 4.78 is 1.82. The standard InChI is InChI=1S/C19H19ClN4OS/c1-14(15-7-4-3-5-8-15)23(2)18(25)12-26-19-22-21-13-24(19)17-10-6-9-16(20)11-17/h3-11,13-14H,12H2,1-2H3/t14-/m1/s1. The van der Waals surface area contributed by atoms with Crippen LogP contribution in [0, 0.1) is 0 Å². The number of rotatable bonds is 6. The molecule has 1 aromatic heterocycles. The average Bonchev–Trinajstić information content (AvgIpc) is 3.14. The van der Waals surface area contributed by atoms with E-state index in [1.54, 1.807) is 11.2 Å². The van der Waals surface area contributed by atoms with Gasteiger partial charge in [0.25, 0.3) is 0 Å². The van der Waals surface area contributed by atoms with Crippen LogP contribution in [0.4, 0.5) is 0 Å². The van der Waals surface area contributed by atoms with E-state index >= 15 is 0 Å². The molecule has 0 N–H and O–H groups in total. The van der Waals surface area contributed by atoms with Crippen LogP contribution in [0.2, 0.25) is 5.02 Å². The molecule has 0 radical (unpaired) electrons. The van der Waals surface area contributed by atoms with Crippen LogP contribution in [0.15, 0.2) is 66.1 Å². The number of aromatic nitrogens is 3. The second-order valence-corrected chi connectivity index (χ2v) is 7.22. The number of amides is 1. The molecule has 5 nitrogen and oxygen atoms in total. The molecule has 0 unspecified atom stereocenters. The summed E-state index contributed by atoms with van der Waals surface area (Å²) in [5, 5.41) is 9.37. The summed E-state index contributed by atoms with van der Waals surface area (Å²) in [5.41, 5.74) is 1.97. The molecular formula is C19H19ClN4OS. The average molecular weight is 387 g/mol. The summed E-state index contributed by atoms with van der Waals surface area (Å²) in [4.78, 5) is 14.3. The Morgan fingerprint density at radius 1 is 1.23 bits per heavy atom. The van der Waals surface area contributed by atoms with Crippen molar-refractivity contribution in [2.45, 2.75) is 18.1 Å². The lowest BCUT2D eigenvalue weighted by atomic mass is 10.1. The van der Waals surface area contributed by atoms with E-state index in [1.165, 1.54) is 11.8 Å². The maximum absolute atomic E-state index is 12.6. The number of hydrogen-bond donors (Lipinski definition) is 0. The molecule has 134 valence electrons. The van der Waals surface area contributed by atoms with Gasteiger partial charge in [0.2, 0.25) is 5.91 Å². The van der Waals surface area contributed by atoms with Crippen LogP contribution in [-0.4, -0.2) is 38.4 Å². The summed E-state index contributed by atoms with van der Waals surface area (Å²) in [6.45, 7) is 2.02. The fraction of sp³-hybridized carbons (Fsp3) is 0.211. The van der Waals surface area contributed by atoms with Gasteiger partial charge >= 0.3 is 0 Å². The van der Waals surface area contributed by atoms with Gasteiger partial charge in [0.15, 0.2) is 5.16 Å². The van der Waals surface area contributed by atoms with E-state index in [-0.39, 0.29) is 17.7 Å². The minimum atomic E-state index is 0.00935. The Balaban J connectivity index is 1.66. The first-order chi connectivity index (χ1) is 12.6. The zero-order chi connectivity index (χ0) is 18.5. The molecule has 3 rings (SSSR count). The van der Waals surface area contributed by atoms with Crippen molar-refractivity contribution < 1.29 is 4.79 Å². The monoisotopic (exact) mass is 386 g/mol. The van der Waals surface area contributed by atoms with E-state index < -0.39 is 0 Å². The molecule has 0 saturated heterocycles. The molecule has 26 heavy (non-hydrogen) atoms. The molecule has 0 aliphatic heterocycles. The smallest absolute Gasteiger partial charge is 0.233 e. The first kappa shape index (κ1) is 18.5. The predicted octanol–water partition coefficient (Wildman–Crippen LogP) is 4.23. The molecule has 0 aliphatic carbocycles. The van der Waals surface area contributed by atoms with Gasteiger partial charge in [-0.25, -0.2) is 0 Å². The van der Waals surface area contributed by atoms with Crippen molar-refractivity contribution in [2.24, 2.45) is 0 Å². The van der Waals surface area contributed by atoms with Gasteiger partial charge in [0.05, 0.1) is 17.5 Å². The number of benzene rings is 2. The van der Waals surface area contributed by atoms with Crippen LogP contribution in [0.1, 0.15) is 18.5 Å². The molecular weight excluding hydrogens is 368 g/mol. The molecule has 3 aromatic rings. The topological polar surface area (TPSA) is 51.0 Å². The van der Waals surface area contributed by atoms with Gasteiger partial charge in [-0.3, -0.25) is 9.36 Å². The number of carbonyl (C=O) groups excluding carboxylic acids is 1.